The molecule has 0 aliphatic carbocycles. The second kappa shape index (κ2) is 8.64. The second-order valence-corrected chi connectivity index (χ2v) is 6.14. The van der Waals surface area contributed by atoms with Gasteiger partial charge in [-0.3, -0.25) is 0 Å². The van der Waals surface area contributed by atoms with E-state index in [0.717, 1.165) is 40.6 Å². The highest BCUT2D eigenvalue weighted by Gasteiger charge is 2.06. The molecule has 18 heavy (non-hydrogen) atoms. The van der Waals surface area contributed by atoms with Crippen molar-refractivity contribution in [3.05, 3.63) is 6.07 Å². The van der Waals surface area contributed by atoms with Gasteiger partial charge in [0.25, 0.3) is 0 Å². The molecule has 0 radical (unpaired) electrons. The first kappa shape index (κ1) is 15.6. The quantitative estimate of drug-likeness (QED) is 0.441. The number of thioether (sulfide) groups is 2. The van der Waals surface area contributed by atoms with E-state index in [4.69, 9.17) is 0 Å². The maximum atomic E-state index is 4.54. The molecular formula is C13H23N3S2. The zero-order chi connectivity index (χ0) is 13.4. The number of nitrogens with zero attached hydrogens (tertiary/aromatic N) is 2. The number of hydrogen-bond acceptors (Lipinski definition) is 5. The largest absolute Gasteiger partial charge is 0.370 e. The van der Waals surface area contributed by atoms with Crippen LogP contribution in [0.25, 0.3) is 0 Å². The van der Waals surface area contributed by atoms with Crippen LogP contribution in [0.1, 0.15) is 33.6 Å². The lowest BCUT2D eigenvalue weighted by Gasteiger charge is -2.10. The van der Waals surface area contributed by atoms with Crippen molar-refractivity contribution in [2.24, 2.45) is 5.92 Å². The van der Waals surface area contributed by atoms with Gasteiger partial charge in [0.15, 0.2) is 5.16 Å². The van der Waals surface area contributed by atoms with E-state index in [-0.39, 0.29) is 0 Å². The van der Waals surface area contributed by atoms with Crippen LogP contribution in [0, 0.1) is 5.92 Å². The average Bonchev–Trinajstić information content (AvgIpc) is 2.42. The summed E-state index contributed by atoms with van der Waals surface area (Å²) in [5, 5.41) is 5.26. The first-order valence-corrected chi connectivity index (χ1v) is 8.70. The zero-order valence-corrected chi connectivity index (χ0v) is 13.3. The summed E-state index contributed by atoms with van der Waals surface area (Å²) < 4.78 is 0. The molecule has 0 bridgehead atoms. The average molecular weight is 285 g/mol. The number of nitrogens with one attached hydrogen (secondary N) is 1. The van der Waals surface area contributed by atoms with E-state index in [1.54, 1.807) is 11.8 Å². The van der Waals surface area contributed by atoms with E-state index >= 15 is 0 Å². The summed E-state index contributed by atoms with van der Waals surface area (Å²) >= 11 is 3.42. The molecule has 1 atom stereocenters. The molecule has 0 amide bonds. The van der Waals surface area contributed by atoms with Crippen molar-refractivity contribution in [3.8, 4) is 0 Å². The molecule has 1 rings (SSSR count). The summed E-state index contributed by atoms with van der Waals surface area (Å²) in [7, 11) is 0. The Balaban J connectivity index is 2.70. The molecule has 1 heterocycles. The molecule has 1 aromatic heterocycles. The van der Waals surface area contributed by atoms with Crippen LogP contribution >= 0.6 is 23.5 Å². The molecule has 3 nitrogen and oxygen atoms in total. The van der Waals surface area contributed by atoms with Gasteiger partial charge in [-0.25, -0.2) is 9.97 Å². The van der Waals surface area contributed by atoms with Crippen molar-refractivity contribution < 1.29 is 0 Å². The minimum Gasteiger partial charge on any atom is -0.370 e. The minimum atomic E-state index is 0.731. The molecule has 0 saturated heterocycles. The van der Waals surface area contributed by atoms with Crippen LogP contribution in [0.2, 0.25) is 0 Å². The molecule has 102 valence electrons. The van der Waals surface area contributed by atoms with Crippen LogP contribution < -0.4 is 5.32 Å². The predicted octanol–water partition coefficient (Wildman–Crippen LogP) is 4.16. The van der Waals surface area contributed by atoms with Crippen molar-refractivity contribution in [3.63, 3.8) is 0 Å². The first-order valence-electron chi connectivity index (χ1n) is 6.49. The summed E-state index contributed by atoms with van der Waals surface area (Å²) in [6, 6.07) is 2.06. The maximum absolute atomic E-state index is 4.54. The summed E-state index contributed by atoms with van der Waals surface area (Å²) in [5.41, 5.74) is 0. The molecular weight excluding hydrogens is 262 g/mol. The lowest BCUT2D eigenvalue weighted by Crippen LogP contribution is -2.04. The third-order valence-electron chi connectivity index (χ3n) is 2.63. The van der Waals surface area contributed by atoms with Crippen LogP contribution in [-0.2, 0) is 0 Å². The Labute approximate surface area is 119 Å². The van der Waals surface area contributed by atoms with Crippen molar-refractivity contribution in [2.45, 2.75) is 43.8 Å². The van der Waals surface area contributed by atoms with Gasteiger partial charge in [-0.2, -0.15) is 0 Å². The minimum absolute atomic E-state index is 0.731. The molecule has 0 fully saturated rings. The van der Waals surface area contributed by atoms with Crippen LogP contribution in [-0.4, -0.2) is 28.5 Å². The third kappa shape index (κ3) is 5.48. The van der Waals surface area contributed by atoms with Gasteiger partial charge in [0.2, 0.25) is 0 Å². The molecule has 0 aliphatic heterocycles. The number of rotatable bonds is 8. The van der Waals surface area contributed by atoms with Gasteiger partial charge in [0.1, 0.15) is 10.8 Å². The smallest absolute Gasteiger partial charge is 0.190 e. The summed E-state index contributed by atoms with van der Waals surface area (Å²) in [5.74, 6) is 2.80. The molecule has 1 N–H and O–H groups in total. The normalized spacial score (nSPS) is 12.4. The Hall–Kier alpha value is -0.420. The van der Waals surface area contributed by atoms with Crippen molar-refractivity contribution >= 4 is 29.3 Å². The van der Waals surface area contributed by atoms with Crippen molar-refractivity contribution in [1.82, 2.24) is 9.97 Å². The van der Waals surface area contributed by atoms with E-state index in [2.05, 4.69) is 42.1 Å². The highest BCUT2D eigenvalue weighted by atomic mass is 32.2. The van der Waals surface area contributed by atoms with E-state index in [9.17, 15) is 0 Å². The van der Waals surface area contributed by atoms with E-state index in [1.165, 1.54) is 6.42 Å². The molecule has 0 aliphatic rings. The van der Waals surface area contributed by atoms with E-state index < -0.39 is 0 Å². The monoisotopic (exact) mass is 285 g/mol. The van der Waals surface area contributed by atoms with Gasteiger partial charge < -0.3 is 5.32 Å². The Morgan fingerprint density at radius 1 is 1.33 bits per heavy atom. The van der Waals surface area contributed by atoms with Crippen molar-refractivity contribution in [1.29, 1.82) is 0 Å². The number of hydrogen-bond donors (Lipinski definition) is 1. The zero-order valence-electron chi connectivity index (χ0n) is 11.7. The lowest BCUT2D eigenvalue weighted by molar-refractivity contribution is 0.636. The third-order valence-corrected chi connectivity index (χ3v) is 4.42. The van der Waals surface area contributed by atoms with Crippen LogP contribution in [0.4, 0.5) is 5.82 Å². The van der Waals surface area contributed by atoms with E-state index in [0.29, 0.717) is 0 Å². The SMILES string of the molecule is CCCNc1cc(SCC(C)CC)nc(SC)n1. The summed E-state index contributed by atoms with van der Waals surface area (Å²) in [6.45, 7) is 7.62. The van der Waals surface area contributed by atoms with Gasteiger partial charge >= 0.3 is 0 Å². The number of aromatic nitrogens is 2. The molecule has 0 spiro atoms. The highest BCUT2D eigenvalue weighted by Crippen LogP contribution is 2.24. The van der Waals surface area contributed by atoms with Crippen molar-refractivity contribution in [2.75, 3.05) is 23.9 Å². The number of anilines is 1. The Morgan fingerprint density at radius 3 is 2.72 bits per heavy atom. The van der Waals surface area contributed by atoms with Gasteiger partial charge in [-0.15, -0.1) is 11.8 Å². The molecule has 1 unspecified atom stereocenters. The topological polar surface area (TPSA) is 37.8 Å². The van der Waals surface area contributed by atoms with Crippen LogP contribution in [0.5, 0.6) is 0 Å². The molecule has 0 aromatic carbocycles. The second-order valence-electron chi connectivity index (χ2n) is 4.33. The van der Waals surface area contributed by atoms with E-state index in [1.807, 2.05) is 18.0 Å². The summed E-state index contributed by atoms with van der Waals surface area (Å²) in [6.07, 6.45) is 4.34. The Morgan fingerprint density at radius 2 is 2.11 bits per heavy atom. The maximum Gasteiger partial charge on any atom is 0.190 e. The van der Waals surface area contributed by atoms with Gasteiger partial charge in [-0.05, 0) is 18.6 Å². The fourth-order valence-electron chi connectivity index (χ4n) is 1.26. The van der Waals surface area contributed by atoms with Gasteiger partial charge in [-0.1, -0.05) is 39.0 Å². The fourth-order valence-corrected chi connectivity index (χ4v) is 2.73. The molecule has 0 saturated carbocycles. The predicted molar refractivity (Wildman–Crippen MR) is 82.8 cm³/mol. The molecule has 5 heteroatoms. The van der Waals surface area contributed by atoms with Crippen LogP contribution in [0.3, 0.4) is 0 Å². The Kier molecular flexibility index (Phi) is 7.51. The van der Waals surface area contributed by atoms with Crippen LogP contribution in [0.15, 0.2) is 16.2 Å². The lowest BCUT2D eigenvalue weighted by atomic mass is 10.2. The molecule has 1 aromatic rings. The fraction of sp³-hybridized carbons (Fsp3) is 0.692. The Bertz CT molecular complexity index is 358. The highest BCUT2D eigenvalue weighted by molar-refractivity contribution is 7.99. The van der Waals surface area contributed by atoms with Gasteiger partial charge in [0, 0.05) is 18.4 Å². The standard InChI is InChI=1S/C13H23N3S2/c1-5-7-14-11-8-12(16-13(15-11)17-4)18-9-10(3)6-2/h8,10H,5-7,9H2,1-4H3,(H,14,15,16). The first-order chi connectivity index (χ1) is 8.69. The summed E-state index contributed by atoms with van der Waals surface area (Å²) in [4.78, 5) is 9.01. The van der Waals surface area contributed by atoms with Gasteiger partial charge in [0.05, 0.1) is 0 Å².